The summed E-state index contributed by atoms with van der Waals surface area (Å²) in [6, 6.07) is 2.06. The minimum Gasteiger partial charge on any atom is -0.379 e. The molecule has 0 aromatic carbocycles. The van der Waals surface area contributed by atoms with E-state index in [9.17, 15) is 4.79 Å². The predicted molar refractivity (Wildman–Crippen MR) is 64.0 cm³/mol. The molecule has 0 radical (unpaired) electrons. The Morgan fingerprint density at radius 3 is 2.82 bits per heavy atom. The molecule has 0 saturated carbocycles. The zero-order valence-electron chi connectivity index (χ0n) is 10.6. The van der Waals surface area contributed by atoms with Crippen LogP contribution in [0.2, 0.25) is 0 Å². The maximum absolute atomic E-state index is 12.3. The van der Waals surface area contributed by atoms with Crippen molar-refractivity contribution in [1.29, 1.82) is 5.26 Å². The van der Waals surface area contributed by atoms with Crippen molar-refractivity contribution in [2.45, 2.75) is 32.2 Å². The number of ether oxygens (including phenoxy) is 1. The molecule has 1 saturated heterocycles. The third-order valence-electron chi connectivity index (χ3n) is 2.84. The van der Waals surface area contributed by atoms with E-state index in [2.05, 4.69) is 6.07 Å². The summed E-state index contributed by atoms with van der Waals surface area (Å²) in [5.74, 6) is 0.280. The van der Waals surface area contributed by atoms with Crippen LogP contribution >= 0.6 is 0 Å². The molecule has 1 atom stereocenters. The minimum atomic E-state index is -0.885. The second-order valence-electron chi connectivity index (χ2n) is 5.01. The van der Waals surface area contributed by atoms with Crippen molar-refractivity contribution in [2.24, 2.45) is 11.7 Å². The van der Waals surface area contributed by atoms with Crippen molar-refractivity contribution in [3.05, 3.63) is 0 Å². The number of carbonyl (C=O) groups is 1. The van der Waals surface area contributed by atoms with Crippen molar-refractivity contribution in [3.63, 3.8) is 0 Å². The Bertz CT molecular complexity index is 303. The number of carbonyl (C=O) groups excluding carboxylic acids is 1. The first-order valence-electron chi connectivity index (χ1n) is 6.02. The van der Waals surface area contributed by atoms with Crippen LogP contribution in [-0.2, 0) is 9.53 Å². The van der Waals surface area contributed by atoms with Gasteiger partial charge in [0.15, 0.2) is 0 Å². The van der Waals surface area contributed by atoms with Crippen LogP contribution in [0.3, 0.4) is 0 Å². The lowest BCUT2D eigenvalue weighted by atomic mass is 9.97. The molecule has 0 bridgehead atoms. The quantitative estimate of drug-likeness (QED) is 0.757. The number of nitrogens with two attached hydrogens (primary N) is 1. The van der Waals surface area contributed by atoms with Gasteiger partial charge in [-0.05, 0) is 12.3 Å². The average Bonchev–Trinajstić information content (AvgIpc) is 2.71. The van der Waals surface area contributed by atoms with E-state index >= 15 is 0 Å². The SMILES string of the molecule is CC(C)CN(CCC#N)C(=O)C1(N)CCOC1. The topological polar surface area (TPSA) is 79.4 Å². The molecule has 1 unspecified atom stereocenters. The van der Waals surface area contributed by atoms with Gasteiger partial charge in [-0.3, -0.25) is 4.79 Å². The Balaban J connectivity index is 2.67. The fraction of sp³-hybridized carbons (Fsp3) is 0.833. The van der Waals surface area contributed by atoms with E-state index in [0.29, 0.717) is 38.5 Å². The maximum Gasteiger partial charge on any atom is 0.245 e. The molecule has 0 spiro atoms. The van der Waals surface area contributed by atoms with E-state index < -0.39 is 5.54 Å². The first-order valence-corrected chi connectivity index (χ1v) is 6.02. The molecular formula is C12H21N3O2. The van der Waals surface area contributed by atoms with E-state index in [1.807, 2.05) is 13.8 Å². The van der Waals surface area contributed by atoms with Gasteiger partial charge in [0.1, 0.15) is 5.54 Å². The molecule has 0 aromatic rings. The van der Waals surface area contributed by atoms with Gasteiger partial charge in [0.05, 0.1) is 19.1 Å². The highest BCUT2D eigenvalue weighted by Gasteiger charge is 2.40. The highest BCUT2D eigenvalue weighted by Crippen LogP contribution is 2.19. The normalized spacial score (nSPS) is 23.7. The summed E-state index contributed by atoms with van der Waals surface area (Å²) in [7, 11) is 0. The van der Waals surface area contributed by atoms with E-state index in [4.69, 9.17) is 15.7 Å². The zero-order valence-corrected chi connectivity index (χ0v) is 10.6. The summed E-state index contributed by atoms with van der Waals surface area (Å²) < 4.78 is 5.20. The molecule has 1 aliphatic heterocycles. The number of amides is 1. The molecule has 0 aromatic heterocycles. The first-order chi connectivity index (χ1) is 7.99. The van der Waals surface area contributed by atoms with Crippen LogP contribution < -0.4 is 5.73 Å². The lowest BCUT2D eigenvalue weighted by molar-refractivity contribution is -0.137. The van der Waals surface area contributed by atoms with Crippen LogP contribution in [0.5, 0.6) is 0 Å². The van der Waals surface area contributed by atoms with Crippen LogP contribution in [0, 0.1) is 17.2 Å². The van der Waals surface area contributed by atoms with Gasteiger partial charge in [-0.25, -0.2) is 0 Å². The summed E-state index contributed by atoms with van der Waals surface area (Å²) in [5, 5.41) is 8.62. The number of nitrogens with zero attached hydrogens (tertiary/aromatic N) is 2. The average molecular weight is 239 g/mol. The van der Waals surface area contributed by atoms with Gasteiger partial charge in [-0.2, -0.15) is 5.26 Å². The Hall–Kier alpha value is -1.12. The number of nitriles is 1. The Labute approximate surface area is 103 Å². The van der Waals surface area contributed by atoms with Crippen LogP contribution in [0.1, 0.15) is 26.7 Å². The highest BCUT2D eigenvalue weighted by atomic mass is 16.5. The van der Waals surface area contributed by atoms with Crippen molar-refractivity contribution in [1.82, 2.24) is 4.90 Å². The van der Waals surface area contributed by atoms with Crippen molar-refractivity contribution in [2.75, 3.05) is 26.3 Å². The second kappa shape index (κ2) is 5.99. The molecule has 0 aliphatic carbocycles. The van der Waals surface area contributed by atoms with Gasteiger partial charge >= 0.3 is 0 Å². The molecule has 1 aliphatic rings. The lowest BCUT2D eigenvalue weighted by Gasteiger charge is -2.31. The monoisotopic (exact) mass is 239 g/mol. The van der Waals surface area contributed by atoms with Crippen LogP contribution in [0.25, 0.3) is 0 Å². The van der Waals surface area contributed by atoms with Crippen LogP contribution in [0.15, 0.2) is 0 Å². The summed E-state index contributed by atoms with van der Waals surface area (Å²) in [6.07, 6.45) is 0.905. The zero-order chi connectivity index (χ0) is 12.9. The fourth-order valence-corrected chi connectivity index (χ4v) is 1.97. The Morgan fingerprint density at radius 1 is 1.65 bits per heavy atom. The van der Waals surface area contributed by atoms with Crippen LogP contribution in [-0.4, -0.2) is 42.6 Å². The summed E-state index contributed by atoms with van der Waals surface area (Å²) in [4.78, 5) is 14.0. The van der Waals surface area contributed by atoms with Gasteiger partial charge in [0.2, 0.25) is 5.91 Å². The largest absolute Gasteiger partial charge is 0.379 e. The second-order valence-corrected chi connectivity index (χ2v) is 5.01. The molecule has 96 valence electrons. The van der Waals surface area contributed by atoms with E-state index in [1.165, 1.54) is 0 Å². The van der Waals surface area contributed by atoms with Gasteiger partial charge in [-0.1, -0.05) is 13.8 Å². The molecule has 2 N–H and O–H groups in total. The van der Waals surface area contributed by atoms with Crippen LogP contribution in [0.4, 0.5) is 0 Å². The fourth-order valence-electron chi connectivity index (χ4n) is 1.97. The molecule has 17 heavy (non-hydrogen) atoms. The molecule has 5 heteroatoms. The van der Waals surface area contributed by atoms with E-state index in [1.54, 1.807) is 4.90 Å². The van der Waals surface area contributed by atoms with Gasteiger partial charge < -0.3 is 15.4 Å². The maximum atomic E-state index is 12.3. The summed E-state index contributed by atoms with van der Waals surface area (Å²) in [5.41, 5.74) is 5.17. The summed E-state index contributed by atoms with van der Waals surface area (Å²) in [6.45, 7) is 6.00. The third-order valence-corrected chi connectivity index (χ3v) is 2.84. The smallest absolute Gasteiger partial charge is 0.245 e. The number of hydrogen-bond donors (Lipinski definition) is 1. The molecule has 1 heterocycles. The predicted octanol–water partition coefficient (Wildman–Crippen LogP) is 0.502. The molecule has 5 nitrogen and oxygen atoms in total. The number of rotatable bonds is 5. The Morgan fingerprint density at radius 2 is 2.35 bits per heavy atom. The molecular weight excluding hydrogens is 218 g/mol. The van der Waals surface area contributed by atoms with Gasteiger partial charge in [0, 0.05) is 19.7 Å². The van der Waals surface area contributed by atoms with Crippen molar-refractivity contribution in [3.8, 4) is 6.07 Å². The lowest BCUT2D eigenvalue weighted by Crippen LogP contribution is -2.56. The van der Waals surface area contributed by atoms with Crippen molar-refractivity contribution >= 4 is 5.91 Å². The van der Waals surface area contributed by atoms with E-state index in [0.717, 1.165) is 0 Å². The molecule has 1 amide bonds. The molecule has 1 rings (SSSR count). The summed E-state index contributed by atoms with van der Waals surface area (Å²) >= 11 is 0. The van der Waals surface area contributed by atoms with Gasteiger partial charge in [-0.15, -0.1) is 0 Å². The standard InChI is InChI=1S/C12H21N3O2/c1-10(2)8-15(6-3-5-13)11(16)12(14)4-7-17-9-12/h10H,3-4,6-9,14H2,1-2H3. The number of hydrogen-bond acceptors (Lipinski definition) is 4. The van der Waals surface area contributed by atoms with E-state index in [-0.39, 0.29) is 12.5 Å². The Kier molecular flexibility index (Phi) is 4.91. The van der Waals surface area contributed by atoms with Crippen molar-refractivity contribution < 1.29 is 9.53 Å². The first kappa shape index (κ1) is 13.9. The highest BCUT2D eigenvalue weighted by molar-refractivity contribution is 5.86. The minimum absolute atomic E-state index is 0.0843. The van der Waals surface area contributed by atoms with Gasteiger partial charge in [0.25, 0.3) is 0 Å². The third kappa shape index (κ3) is 3.69. The molecule has 1 fully saturated rings.